The molecule has 2 aromatic rings. The highest BCUT2D eigenvalue weighted by Gasteiger charge is 2.22. The van der Waals surface area contributed by atoms with Crippen LogP contribution in [-0.4, -0.2) is 27.8 Å². The molecule has 144 valence electrons. The van der Waals surface area contributed by atoms with Crippen LogP contribution in [0, 0.1) is 0 Å². The standard InChI is InChI=1S/C21H20N2O5/c1-3-17(24)22-11-14-10-15(19(26)13-8-6-5-7-9-13)21(28)16(20(14)27)12-23-18(25)4-2/h3-10,27-28H,1-2,11-12H2,(H,22,24)(H,23,25). The number of benzene rings is 2. The number of hydrogen-bond acceptors (Lipinski definition) is 5. The number of hydrogen-bond donors (Lipinski definition) is 4. The van der Waals surface area contributed by atoms with Gasteiger partial charge in [0.15, 0.2) is 5.78 Å². The summed E-state index contributed by atoms with van der Waals surface area (Å²) >= 11 is 0. The van der Waals surface area contributed by atoms with Gasteiger partial charge < -0.3 is 20.8 Å². The van der Waals surface area contributed by atoms with Gasteiger partial charge in [0.05, 0.1) is 17.7 Å². The lowest BCUT2D eigenvalue weighted by atomic mass is 9.95. The Balaban J connectivity index is 2.51. The minimum Gasteiger partial charge on any atom is -0.507 e. The molecule has 0 spiro atoms. The highest BCUT2D eigenvalue weighted by molar-refractivity contribution is 6.11. The van der Waals surface area contributed by atoms with Crippen LogP contribution in [0.3, 0.4) is 0 Å². The molecule has 7 nitrogen and oxygen atoms in total. The van der Waals surface area contributed by atoms with Crippen molar-refractivity contribution in [2.45, 2.75) is 13.1 Å². The van der Waals surface area contributed by atoms with Gasteiger partial charge in [-0.1, -0.05) is 43.5 Å². The molecule has 2 amide bonds. The van der Waals surface area contributed by atoms with Crippen molar-refractivity contribution in [3.63, 3.8) is 0 Å². The van der Waals surface area contributed by atoms with Crippen molar-refractivity contribution in [3.05, 3.63) is 84.0 Å². The van der Waals surface area contributed by atoms with Gasteiger partial charge in [-0.15, -0.1) is 0 Å². The maximum absolute atomic E-state index is 12.8. The number of phenolic OH excluding ortho intramolecular Hbond substituents is 2. The SMILES string of the molecule is C=CC(=O)NCc1cc(C(=O)c2ccccc2)c(O)c(CNC(=O)C=C)c1O. The summed E-state index contributed by atoms with van der Waals surface area (Å²) < 4.78 is 0. The zero-order valence-electron chi connectivity index (χ0n) is 15.1. The maximum atomic E-state index is 12.8. The van der Waals surface area contributed by atoms with Crippen LogP contribution in [0.4, 0.5) is 0 Å². The first-order chi connectivity index (χ1) is 13.4. The van der Waals surface area contributed by atoms with Gasteiger partial charge in [-0.2, -0.15) is 0 Å². The molecule has 0 atom stereocenters. The molecule has 0 aliphatic heterocycles. The summed E-state index contributed by atoms with van der Waals surface area (Å²) in [6.07, 6.45) is 2.11. The minimum absolute atomic E-state index is 0.0418. The Labute approximate surface area is 162 Å². The Morgan fingerprint density at radius 1 is 0.893 bits per heavy atom. The average molecular weight is 380 g/mol. The Morgan fingerprint density at radius 3 is 2.04 bits per heavy atom. The van der Waals surface area contributed by atoms with E-state index >= 15 is 0 Å². The van der Waals surface area contributed by atoms with Crippen molar-refractivity contribution < 1.29 is 24.6 Å². The zero-order valence-corrected chi connectivity index (χ0v) is 15.1. The van der Waals surface area contributed by atoms with Crippen LogP contribution >= 0.6 is 0 Å². The van der Waals surface area contributed by atoms with Crippen molar-refractivity contribution in [3.8, 4) is 11.5 Å². The van der Waals surface area contributed by atoms with Gasteiger partial charge in [0.25, 0.3) is 0 Å². The third-order valence-electron chi connectivity index (χ3n) is 3.99. The predicted octanol–water partition coefficient (Wildman–Crippen LogP) is 1.93. The van der Waals surface area contributed by atoms with Crippen LogP contribution in [0.2, 0.25) is 0 Å². The van der Waals surface area contributed by atoms with Crippen molar-refractivity contribution in [2.75, 3.05) is 0 Å². The van der Waals surface area contributed by atoms with Gasteiger partial charge in [-0.3, -0.25) is 14.4 Å². The molecule has 0 aliphatic rings. The van der Waals surface area contributed by atoms with Crippen molar-refractivity contribution in [1.82, 2.24) is 10.6 Å². The van der Waals surface area contributed by atoms with E-state index < -0.39 is 23.3 Å². The molecule has 7 heteroatoms. The lowest BCUT2D eigenvalue weighted by molar-refractivity contribution is -0.117. The molecule has 2 aromatic carbocycles. The molecule has 0 bridgehead atoms. The molecular weight excluding hydrogens is 360 g/mol. The third-order valence-corrected chi connectivity index (χ3v) is 3.99. The number of amides is 2. The van der Waals surface area contributed by atoms with E-state index in [-0.39, 0.29) is 35.5 Å². The highest BCUT2D eigenvalue weighted by atomic mass is 16.3. The fourth-order valence-corrected chi connectivity index (χ4v) is 2.50. The lowest BCUT2D eigenvalue weighted by Crippen LogP contribution is -2.22. The van der Waals surface area contributed by atoms with E-state index in [0.29, 0.717) is 5.56 Å². The number of ketones is 1. The second kappa shape index (κ2) is 9.18. The first-order valence-corrected chi connectivity index (χ1v) is 8.36. The Kier molecular flexibility index (Phi) is 6.70. The Bertz CT molecular complexity index is 936. The van der Waals surface area contributed by atoms with E-state index in [1.165, 1.54) is 6.07 Å². The molecule has 0 aromatic heterocycles. The number of rotatable bonds is 8. The van der Waals surface area contributed by atoms with E-state index in [0.717, 1.165) is 12.2 Å². The monoisotopic (exact) mass is 380 g/mol. The van der Waals surface area contributed by atoms with Crippen LogP contribution in [0.25, 0.3) is 0 Å². The van der Waals surface area contributed by atoms with E-state index in [9.17, 15) is 24.6 Å². The molecule has 0 aliphatic carbocycles. The van der Waals surface area contributed by atoms with Gasteiger partial charge in [-0.05, 0) is 18.2 Å². The lowest BCUT2D eigenvalue weighted by Gasteiger charge is -2.16. The fourth-order valence-electron chi connectivity index (χ4n) is 2.50. The van der Waals surface area contributed by atoms with Gasteiger partial charge in [0, 0.05) is 17.7 Å². The zero-order chi connectivity index (χ0) is 20.7. The van der Waals surface area contributed by atoms with Crippen molar-refractivity contribution in [1.29, 1.82) is 0 Å². The normalized spacial score (nSPS) is 10.0. The Morgan fingerprint density at radius 2 is 1.46 bits per heavy atom. The van der Waals surface area contributed by atoms with Gasteiger partial charge >= 0.3 is 0 Å². The van der Waals surface area contributed by atoms with Crippen LogP contribution in [0.5, 0.6) is 11.5 Å². The first kappa shape index (κ1) is 20.4. The second-order valence-electron chi connectivity index (χ2n) is 5.80. The molecule has 28 heavy (non-hydrogen) atoms. The van der Waals surface area contributed by atoms with Crippen molar-refractivity contribution >= 4 is 17.6 Å². The molecule has 0 saturated heterocycles. The number of carbonyl (C=O) groups is 3. The number of nitrogens with one attached hydrogen (secondary N) is 2. The van der Waals surface area contributed by atoms with Crippen LogP contribution in [0.1, 0.15) is 27.0 Å². The number of phenols is 2. The van der Waals surface area contributed by atoms with E-state index in [1.54, 1.807) is 30.3 Å². The molecule has 2 rings (SSSR count). The summed E-state index contributed by atoms with van der Waals surface area (Å²) in [6, 6.07) is 9.60. The van der Waals surface area contributed by atoms with Crippen LogP contribution < -0.4 is 10.6 Å². The average Bonchev–Trinajstić information content (AvgIpc) is 2.72. The molecule has 0 unspecified atom stereocenters. The Hall–Kier alpha value is -3.87. The van der Waals surface area contributed by atoms with E-state index in [2.05, 4.69) is 23.8 Å². The van der Waals surface area contributed by atoms with E-state index in [4.69, 9.17) is 0 Å². The topological polar surface area (TPSA) is 116 Å². The molecule has 0 saturated carbocycles. The summed E-state index contributed by atoms with van der Waals surface area (Å²) in [5.74, 6) is -2.24. The van der Waals surface area contributed by atoms with Gasteiger partial charge in [0.1, 0.15) is 11.5 Å². The fraction of sp³-hybridized carbons (Fsp3) is 0.0952. The maximum Gasteiger partial charge on any atom is 0.243 e. The summed E-state index contributed by atoms with van der Waals surface area (Å²) in [6.45, 7) is 6.34. The third kappa shape index (κ3) is 4.64. The van der Waals surface area contributed by atoms with Gasteiger partial charge in [0.2, 0.25) is 11.8 Å². The predicted molar refractivity (Wildman–Crippen MR) is 104 cm³/mol. The molecule has 4 N–H and O–H groups in total. The largest absolute Gasteiger partial charge is 0.507 e. The smallest absolute Gasteiger partial charge is 0.243 e. The summed E-state index contributed by atoms with van der Waals surface area (Å²) in [5.41, 5.74) is 0.440. The second-order valence-corrected chi connectivity index (χ2v) is 5.80. The number of aromatic hydroxyl groups is 2. The minimum atomic E-state index is -0.514. The number of carbonyl (C=O) groups excluding carboxylic acids is 3. The van der Waals surface area contributed by atoms with Crippen molar-refractivity contribution in [2.24, 2.45) is 0 Å². The van der Waals surface area contributed by atoms with Gasteiger partial charge in [-0.25, -0.2) is 0 Å². The quantitative estimate of drug-likeness (QED) is 0.413. The van der Waals surface area contributed by atoms with Crippen LogP contribution in [-0.2, 0) is 22.7 Å². The summed E-state index contributed by atoms with van der Waals surface area (Å²) in [7, 11) is 0. The molecule has 0 fully saturated rings. The first-order valence-electron chi connectivity index (χ1n) is 8.36. The van der Waals surface area contributed by atoms with E-state index in [1.807, 2.05) is 0 Å². The highest BCUT2D eigenvalue weighted by Crippen LogP contribution is 2.35. The van der Waals surface area contributed by atoms with Crippen LogP contribution in [0.15, 0.2) is 61.7 Å². The molecule has 0 heterocycles. The molecular formula is C21H20N2O5. The summed E-state index contributed by atoms with van der Waals surface area (Å²) in [4.78, 5) is 35.7. The molecule has 0 radical (unpaired) electrons. The summed E-state index contributed by atoms with van der Waals surface area (Å²) in [5, 5.41) is 26.0.